The molecule has 1 amide bonds. The third-order valence-electron chi connectivity index (χ3n) is 3.13. The number of amides is 1. The molecule has 0 fully saturated rings. The monoisotopic (exact) mass is 290 g/mol. The summed E-state index contributed by atoms with van der Waals surface area (Å²) in [5.74, 6) is -0.483. The summed E-state index contributed by atoms with van der Waals surface area (Å²) in [6.45, 7) is 2.23. The highest BCUT2D eigenvalue weighted by Crippen LogP contribution is 2.21. The zero-order chi connectivity index (χ0) is 14.7. The number of phenols is 1. The maximum Gasteiger partial charge on any atom is 0.255 e. The summed E-state index contributed by atoms with van der Waals surface area (Å²) in [6.07, 6.45) is 0. The maximum atomic E-state index is 12.0. The summed E-state index contributed by atoms with van der Waals surface area (Å²) >= 11 is 5.82. The molecule has 2 aromatic carbocycles. The average molecular weight is 291 g/mol. The summed E-state index contributed by atoms with van der Waals surface area (Å²) < 4.78 is 0. The van der Waals surface area contributed by atoms with E-state index in [0.29, 0.717) is 17.3 Å². The third kappa shape index (κ3) is 3.03. The quantitative estimate of drug-likeness (QED) is 0.761. The van der Waals surface area contributed by atoms with Crippen LogP contribution in [0.25, 0.3) is 0 Å². The van der Waals surface area contributed by atoms with Gasteiger partial charge in [-0.05, 0) is 42.3 Å². The van der Waals surface area contributed by atoms with E-state index in [1.807, 2.05) is 25.1 Å². The van der Waals surface area contributed by atoms with Gasteiger partial charge >= 0.3 is 0 Å². The number of nitrogen functional groups attached to an aromatic ring is 1. The zero-order valence-corrected chi connectivity index (χ0v) is 11.7. The number of hydrogen-bond donors (Lipinski definition) is 3. The van der Waals surface area contributed by atoms with Crippen LogP contribution in [-0.2, 0) is 6.54 Å². The second-order valence-electron chi connectivity index (χ2n) is 4.48. The minimum Gasteiger partial charge on any atom is -0.507 e. The summed E-state index contributed by atoms with van der Waals surface area (Å²) in [7, 11) is 0. The average Bonchev–Trinajstić information content (AvgIpc) is 2.43. The van der Waals surface area contributed by atoms with Crippen molar-refractivity contribution in [2.75, 3.05) is 5.73 Å². The number of hydrogen-bond acceptors (Lipinski definition) is 3. The van der Waals surface area contributed by atoms with Crippen molar-refractivity contribution in [2.24, 2.45) is 0 Å². The van der Waals surface area contributed by atoms with Gasteiger partial charge in [-0.15, -0.1) is 0 Å². The Labute approximate surface area is 122 Å². The van der Waals surface area contributed by atoms with Crippen molar-refractivity contribution in [1.82, 2.24) is 5.32 Å². The summed E-state index contributed by atoms with van der Waals surface area (Å²) in [5, 5.41) is 12.8. The van der Waals surface area contributed by atoms with E-state index in [1.54, 1.807) is 0 Å². The number of halogens is 1. The fraction of sp³-hybridized carbons (Fsp3) is 0.133. The number of nitrogens with one attached hydrogen (secondary N) is 1. The number of nitrogens with two attached hydrogens (primary N) is 1. The van der Waals surface area contributed by atoms with Gasteiger partial charge in [0.15, 0.2) is 0 Å². The van der Waals surface area contributed by atoms with Gasteiger partial charge in [0.25, 0.3) is 5.91 Å². The third-order valence-corrected chi connectivity index (χ3v) is 3.37. The lowest BCUT2D eigenvalue weighted by Crippen LogP contribution is -2.23. The molecule has 0 unspecified atom stereocenters. The first-order valence-electron chi connectivity index (χ1n) is 6.09. The fourth-order valence-electron chi connectivity index (χ4n) is 1.86. The van der Waals surface area contributed by atoms with E-state index < -0.39 is 0 Å². The molecular formula is C15H15ClN2O2. The van der Waals surface area contributed by atoms with Crippen molar-refractivity contribution in [3.63, 3.8) is 0 Å². The zero-order valence-electron chi connectivity index (χ0n) is 11.0. The predicted molar refractivity (Wildman–Crippen MR) is 79.9 cm³/mol. The van der Waals surface area contributed by atoms with E-state index >= 15 is 0 Å². The van der Waals surface area contributed by atoms with E-state index in [-0.39, 0.29) is 17.2 Å². The Morgan fingerprint density at radius 2 is 2.10 bits per heavy atom. The molecule has 4 N–H and O–H groups in total. The molecule has 0 atom stereocenters. The van der Waals surface area contributed by atoms with Crippen LogP contribution in [0.5, 0.6) is 5.75 Å². The Morgan fingerprint density at radius 3 is 2.85 bits per heavy atom. The van der Waals surface area contributed by atoms with Crippen molar-refractivity contribution in [3.05, 3.63) is 58.1 Å². The van der Waals surface area contributed by atoms with Crippen molar-refractivity contribution in [1.29, 1.82) is 0 Å². The summed E-state index contributed by atoms with van der Waals surface area (Å²) in [5.41, 5.74) is 8.51. The SMILES string of the molecule is Cc1c(N)cccc1CNC(=O)c1cc(Cl)ccc1O. The molecule has 0 radical (unpaired) electrons. The lowest BCUT2D eigenvalue weighted by Gasteiger charge is -2.10. The minimum absolute atomic E-state index is 0.101. The molecule has 104 valence electrons. The second-order valence-corrected chi connectivity index (χ2v) is 4.91. The Morgan fingerprint density at radius 1 is 1.35 bits per heavy atom. The Kier molecular flexibility index (Phi) is 4.15. The smallest absolute Gasteiger partial charge is 0.255 e. The number of rotatable bonds is 3. The highest BCUT2D eigenvalue weighted by Gasteiger charge is 2.12. The van der Waals surface area contributed by atoms with Gasteiger partial charge in [-0.3, -0.25) is 4.79 Å². The first kappa shape index (κ1) is 14.2. The molecule has 20 heavy (non-hydrogen) atoms. The van der Waals surface area contributed by atoms with Crippen LogP contribution in [0.2, 0.25) is 5.02 Å². The van der Waals surface area contributed by atoms with Gasteiger partial charge < -0.3 is 16.2 Å². The molecule has 0 aliphatic heterocycles. The summed E-state index contributed by atoms with van der Waals surface area (Å²) in [4.78, 5) is 12.0. The van der Waals surface area contributed by atoms with Crippen LogP contribution < -0.4 is 11.1 Å². The van der Waals surface area contributed by atoms with Crippen molar-refractivity contribution >= 4 is 23.2 Å². The molecule has 0 spiro atoms. The van der Waals surface area contributed by atoms with Crippen LogP contribution in [-0.4, -0.2) is 11.0 Å². The molecule has 2 aromatic rings. The van der Waals surface area contributed by atoms with Gasteiger partial charge in [-0.2, -0.15) is 0 Å². The molecule has 0 aliphatic rings. The highest BCUT2D eigenvalue weighted by atomic mass is 35.5. The molecule has 0 saturated carbocycles. The van der Waals surface area contributed by atoms with Crippen LogP contribution in [0.1, 0.15) is 21.5 Å². The molecule has 0 bridgehead atoms. The van der Waals surface area contributed by atoms with Crippen molar-refractivity contribution in [3.8, 4) is 5.75 Å². The van der Waals surface area contributed by atoms with E-state index in [0.717, 1.165) is 11.1 Å². The van der Waals surface area contributed by atoms with Crippen LogP contribution in [0, 0.1) is 6.92 Å². The predicted octanol–water partition coefficient (Wildman–Crippen LogP) is 2.87. The van der Waals surface area contributed by atoms with E-state index in [9.17, 15) is 9.90 Å². The second kappa shape index (κ2) is 5.84. The van der Waals surface area contributed by atoms with Crippen LogP contribution in [0.3, 0.4) is 0 Å². The lowest BCUT2D eigenvalue weighted by atomic mass is 10.1. The largest absolute Gasteiger partial charge is 0.507 e. The van der Waals surface area contributed by atoms with Crippen LogP contribution >= 0.6 is 11.6 Å². The number of carbonyl (C=O) groups excluding carboxylic acids is 1. The minimum atomic E-state index is -0.383. The van der Waals surface area contributed by atoms with Gasteiger partial charge in [0.1, 0.15) is 5.75 Å². The maximum absolute atomic E-state index is 12.0. The molecule has 0 aliphatic carbocycles. The molecular weight excluding hydrogens is 276 g/mol. The van der Waals surface area contributed by atoms with Gasteiger partial charge in [0, 0.05) is 17.3 Å². The normalized spacial score (nSPS) is 10.3. The van der Waals surface area contributed by atoms with Crippen molar-refractivity contribution in [2.45, 2.75) is 13.5 Å². The Balaban J connectivity index is 2.13. The highest BCUT2D eigenvalue weighted by molar-refractivity contribution is 6.31. The Bertz CT molecular complexity index is 656. The molecule has 0 heterocycles. The van der Waals surface area contributed by atoms with Gasteiger partial charge in [-0.1, -0.05) is 23.7 Å². The van der Waals surface area contributed by atoms with E-state index in [1.165, 1.54) is 18.2 Å². The topological polar surface area (TPSA) is 75.3 Å². The Hall–Kier alpha value is -2.20. The number of carbonyl (C=O) groups is 1. The standard InChI is InChI=1S/C15H15ClN2O2/c1-9-10(3-2-4-13(9)17)8-18-15(20)12-7-11(16)5-6-14(12)19/h2-7,19H,8,17H2,1H3,(H,18,20). The van der Waals surface area contributed by atoms with Gasteiger partial charge in [0.2, 0.25) is 0 Å². The van der Waals surface area contributed by atoms with Crippen LogP contribution in [0.4, 0.5) is 5.69 Å². The molecule has 2 rings (SSSR count). The van der Waals surface area contributed by atoms with Gasteiger partial charge in [0.05, 0.1) is 5.56 Å². The molecule has 5 heteroatoms. The van der Waals surface area contributed by atoms with Crippen molar-refractivity contribution < 1.29 is 9.90 Å². The number of aromatic hydroxyl groups is 1. The summed E-state index contributed by atoms with van der Waals surface area (Å²) in [6, 6.07) is 9.88. The molecule has 0 aromatic heterocycles. The van der Waals surface area contributed by atoms with E-state index in [4.69, 9.17) is 17.3 Å². The van der Waals surface area contributed by atoms with Crippen LogP contribution in [0.15, 0.2) is 36.4 Å². The van der Waals surface area contributed by atoms with E-state index in [2.05, 4.69) is 5.32 Å². The molecule has 4 nitrogen and oxygen atoms in total. The van der Waals surface area contributed by atoms with Gasteiger partial charge in [-0.25, -0.2) is 0 Å². The first-order valence-corrected chi connectivity index (χ1v) is 6.47. The number of phenolic OH excluding ortho intramolecular Hbond substituents is 1. The number of anilines is 1. The number of benzene rings is 2. The lowest BCUT2D eigenvalue weighted by molar-refractivity contribution is 0.0948. The molecule has 0 saturated heterocycles. The fourth-order valence-corrected chi connectivity index (χ4v) is 2.03. The first-order chi connectivity index (χ1) is 9.49.